The lowest BCUT2D eigenvalue weighted by Gasteiger charge is -2.21. The Morgan fingerprint density at radius 2 is 2.06 bits per heavy atom. The summed E-state index contributed by atoms with van der Waals surface area (Å²) in [5, 5.41) is 9.93. The van der Waals surface area contributed by atoms with Crippen LogP contribution < -0.4 is 11.1 Å². The summed E-state index contributed by atoms with van der Waals surface area (Å²) in [5.74, 6) is -0.153. The van der Waals surface area contributed by atoms with Gasteiger partial charge in [-0.25, -0.2) is 0 Å². The largest absolute Gasteiger partial charge is 0.369 e. The highest BCUT2D eigenvalue weighted by atomic mass is 35.5. The Balaban J connectivity index is 2.75. The molecule has 1 aromatic rings. The fourth-order valence-electron chi connectivity index (χ4n) is 0.798. The molecule has 0 fully saturated rings. The van der Waals surface area contributed by atoms with Crippen LogP contribution in [0.25, 0.3) is 0 Å². The second kappa shape index (κ2) is 4.80. The van der Waals surface area contributed by atoms with E-state index in [0.717, 1.165) is 0 Å². The highest BCUT2D eigenvalue weighted by Gasteiger charge is 2.25. The van der Waals surface area contributed by atoms with Crippen LogP contribution in [-0.4, -0.2) is 27.6 Å². The molecule has 3 N–H and O–H groups in total. The van der Waals surface area contributed by atoms with Gasteiger partial charge in [-0.1, -0.05) is 11.6 Å². The summed E-state index contributed by atoms with van der Waals surface area (Å²) in [5.41, 5.74) is 4.49. The molecule has 0 atom stereocenters. The van der Waals surface area contributed by atoms with Crippen LogP contribution in [0, 0.1) is 5.41 Å². The molecule has 8 heteroatoms. The molecule has 0 aromatic carbocycles. The number of nitrogens with two attached hydrogens (primary N) is 1. The van der Waals surface area contributed by atoms with Gasteiger partial charge in [-0.2, -0.15) is 4.98 Å². The first-order valence-corrected chi connectivity index (χ1v) is 5.18. The molecule has 0 saturated carbocycles. The van der Waals surface area contributed by atoms with Crippen molar-refractivity contribution < 1.29 is 4.79 Å². The van der Waals surface area contributed by atoms with E-state index in [1.807, 2.05) is 0 Å². The van der Waals surface area contributed by atoms with Gasteiger partial charge in [-0.3, -0.25) is 4.79 Å². The summed E-state index contributed by atoms with van der Waals surface area (Å²) in [7, 11) is 0. The third kappa shape index (κ3) is 3.18. The van der Waals surface area contributed by atoms with Gasteiger partial charge in [0.15, 0.2) is 11.0 Å². The molecular formula is C8H11Cl2N5O. The SMILES string of the molecule is CC(C)(CNc1nc(Cl)nnc1Cl)C(N)=O. The lowest BCUT2D eigenvalue weighted by molar-refractivity contribution is -0.125. The van der Waals surface area contributed by atoms with E-state index in [9.17, 15) is 4.79 Å². The van der Waals surface area contributed by atoms with E-state index in [-0.39, 0.29) is 22.8 Å². The molecule has 0 aliphatic heterocycles. The maximum absolute atomic E-state index is 11.1. The minimum Gasteiger partial charge on any atom is -0.369 e. The van der Waals surface area contributed by atoms with Gasteiger partial charge in [0.1, 0.15) is 0 Å². The lowest BCUT2D eigenvalue weighted by atomic mass is 9.93. The molecule has 88 valence electrons. The number of hydrogen-bond donors (Lipinski definition) is 2. The van der Waals surface area contributed by atoms with Crippen molar-refractivity contribution in [2.75, 3.05) is 11.9 Å². The average molecular weight is 264 g/mol. The summed E-state index contributed by atoms with van der Waals surface area (Å²) in [6.45, 7) is 3.68. The Labute approximate surface area is 103 Å². The summed E-state index contributed by atoms with van der Waals surface area (Å²) < 4.78 is 0. The van der Waals surface area contributed by atoms with Crippen molar-refractivity contribution in [2.45, 2.75) is 13.8 Å². The quantitative estimate of drug-likeness (QED) is 0.849. The number of carbonyl (C=O) groups excluding carboxylic acids is 1. The number of amides is 1. The Morgan fingerprint density at radius 1 is 1.44 bits per heavy atom. The molecule has 0 aliphatic carbocycles. The molecule has 0 saturated heterocycles. The standard InChI is InChI=1S/C8H11Cl2N5O/c1-8(2,6(11)16)3-12-5-4(9)14-15-7(10)13-5/h3H2,1-2H3,(H2,11,16)(H,12,13,15). The maximum atomic E-state index is 11.1. The van der Waals surface area contributed by atoms with E-state index < -0.39 is 11.3 Å². The first-order chi connectivity index (χ1) is 7.33. The zero-order valence-electron chi connectivity index (χ0n) is 8.79. The number of primary amides is 1. The molecule has 0 spiro atoms. The van der Waals surface area contributed by atoms with Crippen molar-refractivity contribution in [3.63, 3.8) is 0 Å². The molecule has 1 amide bonds. The second-order valence-electron chi connectivity index (χ2n) is 3.82. The van der Waals surface area contributed by atoms with Gasteiger partial charge in [-0.05, 0) is 25.4 Å². The predicted molar refractivity (Wildman–Crippen MR) is 61.3 cm³/mol. The molecule has 0 unspecified atom stereocenters. The van der Waals surface area contributed by atoms with Crippen LogP contribution in [0.15, 0.2) is 0 Å². The second-order valence-corrected chi connectivity index (χ2v) is 4.52. The highest BCUT2D eigenvalue weighted by Crippen LogP contribution is 2.20. The number of nitrogens with zero attached hydrogens (tertiary/aromatic N) is 3. The number of carbonyl (C=O) groups is 1. The van der Waals surface area contributed by atoms with Gasteiger partial charge in [-0.15, -0.1) is 10.2 Å². The smallest absolute Gasteiger partial charge is 0.245 e. The minimum absolute atomic E-state index is 0.0243. The molecule has 1 heterocycles. The van der Waals surface area contributed by atoms with Crippen LogP contribution in [0.2, 0.25) is 10.4 Å². The van der Waals surface area contributed by atoms with E-state index in [1.54, 1.807) is 13.8 Å². The van der Waals surface area contributed by atoms with E-state index in [4.69, 9.17) is 28.9 Å². The molecule has 1 aromatic heterocycles. The topological polar surface area (TPSA) is 93.8 Å². The van der Waals surface area contributed by atoms with Crippen molar-refractivity contribution in [3.05, 3.63) is 10.4 Å². The van der Waals surface area contributed by atoms with Gasteiger partial charge < -0.3 is 11.1 Å². The van der Waals surface area contributed by atoms with Gasteiger partial charge in [0.25, 0.3) is 0 Å². The third-order valence-corrected chi connectivity index (χ3v) is 2.40. The van der Waals surface area contributed by atoms with Crippen LogP contribution in [0.1, 0.15) is 13.8 Å². The van der Waals surface area contributed by atoms with Crippen LogP contribution in [0.3, 0.4) is 0 Å². The van der Waals surface area contributed by atoms with Crippen LogP contribution in [0.4, 0.5) is 5.82 Å². The van der Waals surface area contributed by atoms with E-state index in [0.29, 0.717) is 0 Å². The number of aromatic nitrogens is 3. The maximum Gasteiger partial charge on any atom is 0.245 e. The molecular weight excluding hydrogens is 253 g/mol. The fraction of sp³-hybridized carbons (Fsp3) is 0.500. The van der Waals surface area contributed by atoms with Crippen LogP contribution >= 0.6 is 23.2 Å². The van der Waals surface area contributed by atoms with Crippen molar-refractivity contribution in [3.8, 4) is 0 Å². The number of anilines is 1. The normalized spacial score (nSPS) is 11.2. The highest BCUT2D eigenvalue weighted by molar-refractivity contribution is 6.32. The number of hydrogen-bond acceptors (Lipinski definition) is 5. The third-order valence-electron chi connectivity index (χ3n) is 1.98. The van der Waals surface area contributed by atoms with Crippen LogP contribution in [-0.2, 0) is 4.79 Å². The first kappa shape index (κ1) is 12.9. The van der Waals surface area contributed by atoms with Gasteiger partial charge in [0, 0.05) is 6.54 Å². The number of rotatable bonds is 4. The van der Waals surface area contributed by atoms with Gasteiger partial charge >= 0.3 is 0 Å². The number of nitrogens with one attached hydrogen (secondary N) is 1. The molecule has 0 bridgehead atoms. The van der Waals surface area contributed by atoms with Gasteiger partial charge in [0.2, 0.25) is 11.2 Å². The fourth-order valence-corrected chi connectivity index (χ4v) is 1.07. The van der Waals surface area contributed by atoms with Crippen LogP contribution in [0.5, 0.6) is 0 Å². The molecule has 0 aliphatic rings. The Kier molecular flexibility index (Phi) is 3.88. The van der Waals surface area contributed by atoms with E-state index >= 15 is 0 Å². The zero-order valence-corrected chi connectivity index (χ0v) is 10.3. The summed E-state index contributed by atoms with van der Waals surface area (Å²) in [4.78, 5) is 14.9. The lowest BCUT2D eigenvalue weighted by Crippen LogP contribution is -2.37. The van der Waals surface area contributed by atoms with E-state index in [1.165, 1.54) is 0 Å². The number of halogens is 2. The monoisotopic (exact) mass is 263 g/mol. The minimum atomic E-state index is -0.721. The predicted octanol–water partition coefficient (Wildman–Crippen LogP) is 1.10. The average Bonchev–Trinajstić information content (AvgIpc) is 2.19. The zero-order chi connectivity index (χ0) is 12.3. The van der Waals surface area contributed by atoms with Crippen molar-refractivity contribution in [2.24, 2.45) is 11.1 Å². The van der Waals surface area contributed by atoms with Crippen molar-refractivity contribution in [1.82, 2.24) is 15.2 Å². The Morgan fingerprint density at radius 3 is 2.62 bits per heavy atom. The molecule has 6 nitrogen and oxygen atoms in total. The van der Waals surface area contributed by atoms with Crippen molar-refractivity contribution in [1.29, 1.82) is 0 Å². The summed E-state index contributed by atoms with van der Waals surface area (Å²) in [6.07, 6.45) is 0. The summed E-state index contributed by atoms with van der Waals surface area (Å²) >= 11 is 11.3. The van der Waals surface area contributed by atoms with Gasteiger partial charge in [0.05, 0.1) is 5.41 Å². The molecule has 0 radical (unpaired) electrons. The van der Waals surface area contributed by atoms with E-state index in [2.05, 4.69) is 20.5 Å². The summed E-state index contributed by atoms with van der Waals surface area (Å²) in [6, 6.07) is 0. The molecule has 16 heavy (non-hydrogen) atoms. The Bertz CT molecular complexity index is 409. The van der Waals surface area contributed by atoms with Crippen molar-refractivity contribution >= 4 is 34.9 Å². The first-order valence-electron chi connectivity index (χ1n) is 4.42. The molecule has 1 rings (SSSR count). The Hall–Kier alpha value is -1.14.